The second-order valence-corrected chi connectivity index (χ2v) is 4.48. The summed E-state index contributed by atoms with van der Waals surface area (Å²) in [7, 11) is 0. The van der Waals surface area contributed by atoms with E-state index in [1.54, 1.807) is 0 Å². The van der Waals surface area contributed by atoms with E-state index in [1.165, 1.54) is 11.1 Å². The number of benzene rings is 1. The minimum Gasteiger partial charge on any atom is -0.378 e. The molecule has 1 heterocycles. The molecular formula is C14H19NO2. The Morgan fingerprint density at radius 3 is 2.82 bits per heavy atom. The van der Waals surface area contributed by atoms with Crippen LogP contribution >= 0.6 is 0 Å². The molecule has 1 aliphatic rings. The van der Waals surface area contributed by atoms with Gasteiger partial charge in [0.05, 0.1) is 13.2 Å². The van der Waals surface area contributed by atoms with Gasteiger partial charge in [-0.05, 0) is 18.9 Å². The summed E-state index contributed by atoms with van der Waals surface area (Å²) in [5, 5.41) is 0. The monoisotopic (exact) mass is 233 g/mol. The van der Waals surface area contributed by atoms with E-state index in [9.17, 15) is 4.79 Å². The first kappa shape index (κ1) is 12.1. The standard InChI is InChI=1S/C14H19NO2/c1-12-3-2-4-13(11-12)5-6-14(16)15-7-9-17-10-8-15/h2-4,11H,5-10H2,1H3. The van der Waals surface area contributed by atoms with Gasteiger partial charge in [0, 0.05) is 19.5 Å². The fourth-order valence-corrected chi connectivity index (χ4v) is 2.09. The van der Waals surface area contributed by atoms with Crippen LogP contribution in [-0.4, -0.2) is 37.1 Å². The van der Waals surface area contributed by atoms with E-state index in [0.717, 1.165) is 19.5 Å². The van der Waals surface area contributed by atoms with Crippen LogP contribution in [0.15, 0.2) is 24.3 Å². The summed E-state index contributed by atoms with van der Waals surface area (Å²) in [6, 6.07) is 8.35. The third-order valence-corrected chi connectivity index (χ3v) is 3.07. The summed E-state index contributed by atoms with van der Waals surface area (Å²) in [5.74, 6) is 0.245. The van der Waals surface area contributed by atoms with Gasteiger partial charge in [-0.2, -0.15) is 0 Å². The highest BCUT2D eigenvalue weighted by Crippen LogP contribution is 2.08. The van der Waals surface area contributed by atoms with Gasteiger partial charge in [0.15, 0.2) is 0 Å². The number of nitrogens with zero attached hydrogens (tertiary/aromatic N) is 1. The molecule has 0 spiro atoms. The van der Waals surface area contributed by atoms with Crippen LogP contribution in [0.3, 0.4) is 0 Å². The van der Waals surface area contributed by atoms with Crippen LogP contribution in [0.1, 0.15) is 17.5 Å². The van der Waals surface area contributed by atoms with Crippen molar-refractivity contribution >= 4 is 5.91 Å². The lowest BCUT2D eigenvalue weighted by Gasteiger charge is -2.26. The van der Waals surface area contributed by atoms with E-state index in [2.05, 4.69) is 25.1 Å². The van der Waals surface area contributed by atoms with E-state index in [4.69, 9.17) is 4.74 Å². The molecule has 0 saturated carbocycles. The highest BCUT2D eigenvalue weighted by Gasteiger charge is 2.16. The SMILES string of the molecule is Cc1cccc(CCC(=O)N2CCOCC2)c1. The maximum atomic E-state index is 11.9. The molecule has 0 atom stereocenters. The smallest absolute Gasteiger partial charge is 0.223 e. The summed E-state index contributed by atoms with van der Waals surface area (Å²) in [6.45, 7) is 4.92. The predicted octanol–water partition coefficient (Wildman–Crippen LogP) is 1.79. The van der Waals surface area contributed by atoms with Crippen molar-refractivity contribution in [3.05, 3.63) is 35.4 Å². The Balaban J connectivity index is 1.83. The predicted molar refractivity (Wildman–Crippen MR) is 66.9 cm³/mol. The molecule has 2 rings (SSSR count). The number of amides is 1. The molecule has 0 unspecified atom stereocenters. The Bertz CT molecular complexity index is 384. The van der Waals surface area contributed by atoms with Gasteiger partial charge in [0.25, 0.3) is 0 Å². The highest BCUT2D eigenvalue weighted by atomic mass is 16.5. The van der Waals surface area contributed by atoms with E-state index in [-0.39, 0.29) is 5.91 Å². The number of aryl methyl sites for hydroxylation is 2. The van der Waals surface area contributed by atoms with Crippen molar-refractivity contribution in [3.8, 4) is 0 Å². The van der Waals surface area contributed by atoms with Crippen molar-refractivity contribution in [2.45, 2.75) is 19.8 Å². The summed E-state index contributed by atoms with van der Waals surface area (Å²) >= 11 is 0. The van der Waals surface area contributed by atoms with E-state index < -0.39 is 0 Å². The Morgan fingerprint density at radius 2 is 2.12 bits per heavy atom. The van der Waals surface area contributed by atoms with E-state index in [1.807, 2.05) is 11.0 Å². The molecule has 3 heteroatoms. The fourth-order valence-electron chi connectivity index (χ4n) is 2.09. The second kappa shape index (κ2) is 5.82. The molecule has 0 aliphatic carbocycles. The number of hydrogen-bond acceptors (Lipinski definition) is 2. The largest absolute Gasteiger partial charge is 0.378 e. The van der Waals surface area contributed by atoms with Crippen molar-refractivity contribution in [1.29, 1.82) is 0 Å². The van der Waals surface area contributed by atoms with Crippen molar-refractivity contribution in [2.24, 2.45) is 0 Å². The lowest BCUT2D eigenvalue weighted by atomic mass is 10.1. The molecule has 0 bridgehead atoms. The first-order valence-electron chi connectivity index (χ1n) is 6.17. The normalized spacial score (nSPS) is 15.9. The van der Waals surface area contributed by atoms with Crippen molar-refractivity contribution in [2.75, 3.05) is 26.3 Å². The van der Waals surface area contributed by atoms with Gasteiger partial charge < -0.3 is 9.64 Å². The van der Waals surface area contributed by atoms with Gasteiger partial charge in [0.1, 0.15) is 0 Å². The van der Waals surface area contributed by atoms with Gasteiger partial charge in [-0.1, -0.05) is 29.8 Å². The summed E-state index contributed by atoms with van der Waals surface area (Å²) in [6.07, 6.45) is 1.43. The molecule has 0 aromatic heterocycles. The second-order valence-electron chi connectivity index (χ2n) is 4.48. The maximum Gasteiger partial charge on any atom is 0.223 e. The number of morpholine rings is 1. The molecular weight excluding hydrogens is 214 g/mol. The Labute approximate surface area is 102 Å². The van der Waals surface area contributed by atoms with E-state index in [0.29, 0.717) is 19.6 Å². The van der Waals surface area contributed by atoms with Gasteiger partial charge in [-0.25, -0.2) is 0 Å². The van der Waals surface area contributed by atoms with Gasteiger partial charge in [-0.3, -0.25) is 4.79 Å². The summed E-state index contributed by atoms with van der Waals surface area (Å²) in [4.78, 5) is 13.8. The third kappa shape index (κ3) is 3.56. The lowest BCUT2D eigenvalue weighted by Crippen LogP contribution is -2.40. The quantitative estimate of drug-likeness (QED) is 0.796. The number of rotatable bonds is 3. The zero-order chi connectivity index (χ0) is 12.1. The zero-order valence-electron chi connectivity index (χ0n) is 10.3. The molecule has 92 valence electrons. The first-order chi connectivity index (χ1) is 8.25. The highest BCUT2D eigenvalue weighted by molar-refractivity contribution is 5.76. The lowest BCUT2D eigenvalue weighted by molar-refractivity contribution is -0.135. The minimum absolute atomic E-state index is 0.245. The first-order valence-corrected chi connectivity index (χ1v) is 6.17. The zero-order valence-corrected chi connectivity index (χ0v) is 10.3. The maximum absolute atomic E-state index is 11.9. The van der Waals surface area contributed by atoms with Crippen LogP contribution in [0.4, 0.5) is 0 Å². The molecule has 1 aliphatic heterocycles. The Hall–Kier alpha value is -1.35. The summed E-state index contributed by atoms with van der Waals surface area (Å²) in [5.41, 5.74) is 2.49. The van der Waals surface area contributed by atoms with Crippen LogP contribution in [0.2, 0.25) is 0 Å². The minimum atomic E-state index is 0.245. The van der Waals surface area contributed by atoms with Crippen LogP contribution < -0.4 is 0 Å². The van der Waals surface area contributed by atoms with Crippen molar-refractivity contribution in [1.82, 2.24) is 4.90 Å². The van der Waals surface area contributed by atoms with E-state index >= 15 is 0 Å². The number of ether oxygens (including phenoxy) is 1. The molecule has 17 heavy (non-hydrogen) atoms. The molecule has 1 amide bonds. The van der Waals surface area contributed by atoms with Crippen molar-refractivity contribution < 1.29 is 9.53 Å². The van der Waals surface area contributed by atoms with Gasteiger partial charge in [-0.15, -0.1) is 0 Å². The molecule has 3 nitrogen and oxygen atoms in total. The molecule has 1 saturated heterocycles. The number of carbonyl (C=O) groups is 1. The molecule has 1 fully saturated rings. The van der Waals surface area contributed by atoms with Crippen LogP contribution in [0.5, 0.6) is 0 Å². The van der Waals surface area contributed by atoms with Crippen LogP contribution in [0.25, 0.3) is 0 Å². The topological polar surface area (TPSA) is 29.5 Å². The number of hydrogen-bond donors (Lipinski definition) is 0. The molecule has 1 aromatic carbocycles. The molecule has 0 N–H and O–H groups in total. The Morgan fingerprint density at radius 1 is 1.35 bits per heavy atom. The summed E-state index contributed by atoms with van der Waals surface area (Å²) < 4.78 is 5.23. The molecule has 0 radical (unpaired) electrons. The average Bonchev–Trinajstić information content (AvgIpc) is 2.37. The van der Waals surface area contributed by atoms with Crippen LogP contribution in [-0.2, 0) is 16.0 Å². The average molecular weight is 233 g/mol. The van der Waals surface area contributed by atoms with Crippen LogP contribution in [0, 0.1) is 6.92 Å². The van der Waals surface area contributed by atoms with Gasteiger partial charge in [0.2, 0.25) is 5.91 Å². The van der Waals surface area contributed by atoms with Gasteiger partial charge >= 0.3 is 0 Å². The Kier molecular flexibility index (Phi) is 4.15. The third-order valence-electron chi connectivity index (χ3n) is 3.07. The molecule has 1 aromatic rings. The number of carbonyl (C=O) groups excluding carboxylic acids is 1. The van der Waals surface area contributed by atoms with Crippen molar-refractivity contribution in [3.63, 3.8) is 0 Å². The fraction of sp³-hybridized carbons (Fsp3) is 0.500.